The Morgan fingerprint density at radius 2 is 1.69 bits per heavy atom. The summed E-state index contributed by atoms with van der Waals surface area (Å²) in [6.45, 7) is 9.43. The van der Waals surface area contributed by atoms with Gasteiger partial charge in [-0.15, -0.1) is 0 Å². The van der Waals surface area contributed by atoms with E-state index in [2.05, 4.69) is 32.1 Å². The largest absolute Gasteiger partial charge is 0.455 e. The zero-order valence-electron chi connectivity index (χ0n) is 18.3. The standard InChI is InChI=1S/C24H34O5/c1-16(9-7-11-18(3)15-25)8-6-10-17(2)12-13-24-21(27)14-19(4)22(23(24)29-24)28-20(5)26/h8,11-12,14,22-23,25H,6-7,9-10,13,15H2,1-5H3/b16-8+,17-12+,18-11+/t22-,23-,24+/m1/s1. The van der Waals surface area contributed by atoms with Crippen molar-refractivity contribution in [1.82, 2.24) is 0 Å². The molecular formula is C24H34O5. The minimum atomic E-state index is -0.858. The first-order valence-corrected chi connectivity index (χ1v) is 10.3. The van der Waals surface area contributed by atoms with Crippen molar-refractivity contribution in [3.8, 4) is 0 Å². The number of ether oxygens (including phenoxy) is 2. The Morgan fingerprint density at radius 3 is 2.28 bits per heavy atom. The van der Waals surface area contributed by atoms with Gasteiger partial charge in [0.05, 0.1) is 6.61 Å². The summed E-state index contributed by atoms with van der Waals surface area (Å²) < 4.78 is 11.1. The minimum absolute atomic E-state index is 0.0329. The van der Waals surface area contributed by atoms with E-state index in [1.54, 1.807) is 13.0 Å². The Hall–Kier alpha value is -1.98. The average molecular weight is 403 g/mol. The lowest BCUT2D eigenvalue weighted by Gasteiger charge is -2.22. The molecule has 1 N–H and O–H groups in total. The van der Waals surface area contributed by atoms with E-state index in [1.807, 2.05) is 6.92 Å². The zero-order chi connectivity index (χ0) is 21.6. The van der Waals surface area contributed by atoms with E-state index >= 15 is 0 Å². The monoisotopic (exact) mass is 402 g/mol. The second kappa shape index (κ2) is 10.2. The van der Waals surface area contributed by atoms with Crippen LogP contribution in [0.1, 0.15) is 66.7 Å². The topological polar surface area (TPSA) is 76.1 Å². The average Bonchev–Trinajstić information content (AvgIpc) is 3.39. The second-order valence-electron chi connectivity index (χ2n) is 8.30. The van der Waals surface area contributed by atoms with Crippen molar-refractivity contribution < 1.29 is 24.2 Å². The van der Waals surface area contributed by atoms with Crippen LogP contribution in [0.5, 0.6) is 0 Å². The molecule has 1 saturated heterocycles. The summed E-state index contributed by atoms with van der Waals surface area (Å²) >= 11 is 0. The molecule has 3 atom stereocenters. The van der Waals surface area contributed by atoms with Gasteiger partial charge in [-0.2, -0.15) is 0 Å². The number of esters is 1. The molecule has 1 aliphatic heterocycles. The smallest absolute Gasteiger partial charge is 0.303 e. The zero-order valence-corrected chi connectivity index (χ0v) is 18.3. The Kier molecular flexibility index (Phi) is 8.17. The Balaban J connectivity index is 1.85. The molecule has 5 nitrogen and oxygen atoms in total. The highest BCUT2D eigenvalue weighted by molar-refractivity contribution is 6.02. The molecule has 0 bridgehead atoms. The second-order valence-corrected chi connectivity index (χ2v) is 8.30. The molecule has 29 heavy (non-hydrogen) atoms. The van der Waals surface area contributed by atoms with Crippen LogP contribution < -0.4 is 0 Å². The number of hydrogen-bond acceptors (Lipinski definition) is 5. The van der Waals surface area contributed by atoms with Crippen LogP contribution in [0.25, 0.3) is 0 Å². The summed E-state index contributed by atoms with van der Waals surface area (Å²) in [5, 5.41) is 9.01. The van der Waals surface area contributed by atoms with Crippen LogP contribution in [0.15, 0.2) is 46.6 Å². The first-order valence-electron chi connectivity index (χ1n) is 10.3. The normalized spacial score (nSPS) is 27.4. The summed E-state index contributed by atoms with van der Waals surface area (Å²) in [6.07, 6.45) is 11.5. The number of carbonyl (C=O) groups is 2. The summed E-state index contributed by atoms with van der Waals surface area (Å²) in [6, 6.07) is 0. The number of allylic oxidation sites excluding steroid dienone is 4. The lowest BCUT2D eigenvalue weighted by molar-refractivity contribution is -0.145. The highest BCUT2D eigenvalue weighted by atomic mass is 16.7. The molecule has 1 fully saturated rings. The summed E-state index contributed by atoms with van der Waals surface area (Å²) in [5.41, 5.74) is 3.46. The maximum Gasteiger partial charge on any atom is 0.303 e. The fourth-order valence-corrected chi connectivity index (χ4v) is 3.63. The van der Waals surface area contributed by atoms with Crippen LogP contribution in [-0.2, 0) is 19.1 Å². The van der Waals surface area contributed by atoms with Gasteiger partial charge in [-0.3, -0.25) is 9.59 Å². The highest BCUT2D eigenvalue weighted by Gasteiger charge is 2.67. The van der Waals surface area contributed by atoms with Gasteiger partial charge in [0.25, 0.3) is 0 Å². The predicted molar refractivity (Wildman–Crippen MR) is 113 cm³/mol. The number of hydrogen-bond donors (Lipinski definition) is 1. The Morgan fingerprint density at radius 1 is 1.10 bits per heavy atom. The first kappa shape index (κ1) is 23.3. The van der Waals surface area contributed by atoms with Crippen molar-refractivity contribution in [2.45, 2.75) is 84.5 Å². The lowest BCUT2D eigenvalue weighted by atomic mass is 9.84. The molecule has 5 heteroatoms. The third-order valence-corrected chi connectivity index (χ3v) is 5.60. The third kappa shape index (κ3) is 6.25. The number of epoxide rings is 1. The van der Waals surface area contributed by atoms with E-state index in [-0.39, 0.29) is 24.5 Å². The molecule has 2 rings (SSSR count). The van der Waals surface area contributed by atoms with Crippen molar-refractivity contribution in [2.24, 2.45) is 0 Å². The number of aliphatic hydroxyl groups excluding tert-OH is 1. The van der Waals surface area contributed by atoms with Crippen LogP contribution in [-0.4, -0.2) is 41.3 Å². The fraction of sp³-hybridized carbons (Fsp3) is 0.583. The maximum atomic E-state index is 12.5. The van der Waals surface area contributed by atoms with E-state index < -0.39 is 11.7 Å². The van der Waals surface area contributed by atoms with E-state index in [4.69, 9.17) is 14.6 Å². The van der Waals surface area contributed by atoms with Crippen LogP contribution in [0.4, 0.5) is 0 Å². The molecule has 1 heterocycles. The van der Waals surface area contributed by atoms with Crippen LogP contribution in [0.2, 0.25) is 0 Å². The van der Waals surface area contributed by atoms with E-state index in [0.29, 0.717) is 6.42 Å². The summed E-state index contributed by atoms with van der Waals surface area (Å²) in [4.78, 5) is 23.8. The molecule has 0 aromatic rings. The van der Waals surface area contributed by atoms with Gasteiger partial charge in [-0.1, -0.05) is 34.9 Å². The first-order chi connectivity index (χ1) is 13.7. The van der Waals surface area contributed by atoms with Crippen molar-refractivity contribution in [3.63, 3.8) is 0 Å². The van der Waals surface area contributed by atoms with Gasteiger partial charge in [-0.05, 0) is 65.0 Å². The third-order valence-electron chi connectivity index (χ3n) is 5.60. The quantitative estimate of drug-likeness (QED) is 0.334. The van der Waals surface area contributed by atoms with E-state index in [1.165, 1.54) is 18.1 Å². The highest BCUT2D eigenvalue weighted by Crippen LogP contribution is 2.49. The summed E-state index contributed by atoms with van der Waals surface area (Å²) in [7, 11) is 0. The Bertz CT molecular complexity index is 755. The number of rotatable bonds is 10. The molecule has 1 aliphatic carbocycles. The van der Waals surface area contributed by atoms with Crippen molar-refractivity contribution in [3.05, 3.63) is 46.6 Å². The van der Waals surface area contributed by atoms with Crippen molar-refractivity contribution in [1.29, 1.82) is 0 Å². The predicted octanol–water partition coefficient (Wildman–Crippen LogP) is 4.37. The molecular weight excluding hydrogens is 368 g/mol. The number of ketones is 1. The van der Waals surface area contributed by atoms with Crippen LogP contribution in [0.3, 0.4) is 0 Å². The number of aliphatic hydroxyl groups is 1. The van der Waals surface area contributed by atoms with Crippen molar-refractivity contribution in [2.75, 3.05) is 6.61 Å². The van der Waals surface area contributed by atoms with Gasteiger partial charge in [0.15, 0.2) is 17.5 Å². The van der Waals surface area contributed by atoms with Gasteiger partial charge in [-0.25, -0.2) is 0 Å². The van der Waals surface area contributed by atoms with Gasteiger partial charge in [0, 0.05) is 13.3 Å². The van der Waals surface area contributed by atoms with Crippen molar-refractivity contribution >= 4 is 11.8 Å². The molecule has 0 radical (unpaired) electrons. The Labute approximate surface area is 174 Å². The maximum absolute atomic E-state index is 12.5. The molecule has 2 aliphatic rings. The van der Waals surface area contributed by atoms with Gasteiger partial charge in [0.2, 0.25) is 0 Å². The SMILES string of the molecule is CC(=O)O[C@@H]1C(C)=CC(=O)[C@]2(C/C=C(\C)CC/C=C(\C)CC/C=C(\C)CO)O[C@H]12. The van der Waals surface area contributed by atoms with E-state index in [0.717, 1.165) is 36.8 Å². The molecule has 0 unspecified atom stereocenters. The fourth-order valence-electron chi connectivity index (χ4n) is 3.63. The van der Waals surface area contributed by atoms with Gasteiger partial charge >= 0.3 is 5.97 Å². The minimum Gasteiger partial charge on any atom is -0.455 e. The number of fused-ring (bicyclic) bond motifs is 1. The molecule has 0 amide bonds. The summed E-state index contributed by atoms with van der Waals surface area (Å²) in [5.74, 6) is -0.396. The van der Waals surface area contributed by atoms with Gasteiger partial charge < -0.3 is 14.6 Å². The molecule has 0 spiro atoms. The van der Waals surface area contributed by atoms with Crippen LogP contribution in [0, 0.1) is 0 Å². The molecule has 0 saturated carbocycles. The molecule has 0 aromatic carbocycles. The van der Waals surface area contributed by atoms with Gasteiger partial charge in [0.1, 0.15) is 6.10 Å². The molecule has 160 valence electrons. The van der Waals surface area contributed by atoms with E-state index in [9.17, 15) is 9.59 Å². The molecule has 0 aromatic heterocycles. The lowest BCUT2D eigenvalue weighted by Crippen LogP contribution is -2.38. The van der Waals surface area contributed by atoms with Crippen LogP contribution >= 0.6 is 0 Å². The number of carbonyl (C=O) groups excluding carboxylic acids is 2.